The topological polar surface area (TPSA) is 66.5 Å². The summed E-state index contributed by atoms with van der Waals surface area (Å²) in [4.78, 5) is 18.3. The maximum absolute atomic E-state index is 13.9. The third-order valence-electron chi connectivity index (χ3n) is 7.07. The molecular weight excluding hydrogens is 577 g/mol. The molecule has 0 saturated carbocycles. The molecule has 6 nitrogen and oxygen atoms in total. The molecule has 1 amide bonds. The van der Waals surface area contributed by atoms with E-state index in [4.69, 9.17) is 4.74 Å². The number of halogens is 3. The molecule has 0 bridgehead atoms. The molecule has 0 radical (unpaired) electrons. The highest BCUT2D eigenvalue weighted by Crippen LogP contribution is 2.33. The maximum Gasteiger partial charge on any atom is 0.416 e. The average molecular weight is 611 g/mol. The van der Waals surface area contributed by atoms with Crippen molar-refractivity contribution in [1.82, 2.24) is 15.4 Å². The van der Waals surface area contributed by atoms with E-state index in [1.54, 1.807) is 11.1 Å². The van der Waals surface area contributed by atoms with Crippen LogP contribution in [0.1, 0.15) is 45.2 Å². The van der Waals surface area contributed by atoms with Crippen LogP contribution in [0.5, 0.6) is 11.6 Å². The van der Waals surface area contributed by atoms with Gasteiger partial charge >= 0.3 is 6.18 Å². The number of ether oxygens (including phenoxy) is 1. The van der Waals surface area contributed by atoms with Gasteiger partial charge in [0.05, 0.1) is 11.3 Å². The molecule has 9 heteroatoms. The number of amides is 1. The standard InChI is InChI=1S/C36H33F3N4O2/c1-2-26-16-18-27(19-17-26)23-40-32-20-21-33(45-31-15-9-14-30(22-31)36(37,38)39)41-34(32)35(44)42-43(24-28-10-5-3-6-11-28)25-29-12-7-4-8-13-29/h3-22,40H,2,23-25H2,1H3,(H,42,44). The number of hydrazine groups is 1. The Balaban J connectivity index is 1.43. The number of carbonyl (C=O) groups is 1. The first-order chi connectivity index (χ1) is 21.8. The lowest BCUT2D eigenvalue weighted by atomic mass is 10.1. The van der Waals surface area contributed by atoms with Crippen molar-refractivity contribution in [2.45, 2.75) is 39.2 Å². The van der Waals surface area contributed by atoms with Crippen LogP contribution in [-0.4, -0.2) is 15.9 Å². The van der Waals surface area contributed by atoms with E-state index >= 15 is 0 Å². The van der Waals surface area contributed by atoms with Gasteiger partial charge in [0.2, 0.25) is 5.88 Å². The second kappa shape index (κ2) is 14.5. The molecule has 0 fully saturated rings. The van der Waals surface area contributed by atoms with E-state index in [-0.39, 0.29) is 17.3 Å². The van der Waals surface area contributed by atoms with Crippen molar-refractivity contribution in [1.29, 1.82) is 0 Å². The van der Waals surface area contributed by atoms with Gasteiger partial charge in [0.15, 0.2) is 5.69 Å². The number of carbonyl (C=O) groups excluding carboxylic acids is 1. The van der Waals surface area contributed by atoms with Gasteiger partial charge < -0.3 is 10.1 Å². The summed E-state index contributed by atoms with van der Waals surface area (Å²) >= 11 is 0. The molecular formula is C36H33F3N4O2. The van der Waals surface area contributed by atoms with Gasteiger partial charge in [-0.05, 0) is 52.9 Å². The molecule has 0 atom stereocenters. The van der Waals surface area contributed by atoms with Gasteiger partial charge in [0.1, 0.15) is 5.75 Å². The summed E-state index contributed by atoms with van der Waals surface area (Å²) in [6.45, 7) is 3.37. The zero-order valence-electron chi connectivity index (χ0n) is 24.7. The molecule has 1 heterocycles. The van der Waals surface area contributed by atoms with Crippen molar-refractivity contribution in [2.24, 2.45) is 0 Å². The molecule has 230 valence electrons. The van der Waals surface area contributed by atoms with Crippen LogP contribution in [0.4, 0.5) is 18.9 Å². The number of benzene rings is 4. The predicted molar refractivity (Wildman–Crippen MR) is 168 cm³/mol. The molecule has 0 saturated heterocycles. The number of anilines is 1. The van der Waals surface area contributed by atoms with Crippen molar-refractivity contribution in [2.75, 3.05) is 5.32 Å². The summed E-state index contributed by atoms with van der Waals surface area (Å²) in [7, 11) is 0. The Labute approximate surface area is 260 Å². The van der Waals surface area contributed by atoms with Crippen molar-refractivity contribution in [3.63, 3.8) is 0 Å². The largest absolute Gasteiger partial charge is 0.439 e. The highest BCUT2D eigenvalue weighted by Gasteiger charge is 2.30. The second-order valence-electron chi connectivity index (χ2n) is 10.5. The minimum atomic E-state index is -4.53. The van der Waals surface area contributed by atoms with Gasteiger partial charge in [0, 0.05) is 25.7 Å². The zero-order chi connectivity index (χ0) is 31.6. The van der Waals surface area contributed by atoms with Crippen molar-refractivity contribution >= 4 is 11.6 Å². The van der Waals surface area contributed by atoms with Gasteiger partial charge in [0.25, 0.3) is 5.91 Å². The van der Waals surface area contributed by atoms with Gasteiger partial charge in [-0.3, -0.25) is 10.2 Å². The van der Waals surface area contributed by atoms with Crippen molar-refractivity contribution in [3.8, 4) is 11.6 Å². The van der Waals surface area contributed by atoms with Gasteiger partial charge in [-0.1, -0.05) is 97.9 Å². The first kappa shape index (κ1) is 31.3. The molecule has 5 aromatic rings. The number of hydrogen-bond donors (Lipinski definition) is 2. The highest BCUT2D eigenvalue weighted by atomic mass is 19.4. The Bertz CT molecular complexity index is 1650. The first-order valence-corrected chi connectivity index (χ1v) is 14.6. The highest BCUT2D eigenvalue weighted by molar-refractivity contribution is 5.97. The normalized spacial score (nSPS) is 11.3. The van der Waals surface area contributed by atoms with E-state index in [1.807, 2.05) is 72.8 Å². The van der Waals surface area contributed by atoms with Crippen LogP contribution >= 0.6 is 0 Å². The van der Waals surface area contributed by atoms with E-state index in [1.165, 1.54) is 23.8 Å². The molecule has 0 spiro atoms. The predicted octanol–water partition coefficient (Wildman–Crippen LogP) is 8.41. The van der Waals surface area contributed by atoms with Crippen LogP contribution in [0.3, 0.4) is 0 Å². The molecule has 0 aliphatic carbocycles. The van der Waals surface area contributed by atoms with Gasteiger partial charge in [-0.25, -0.2) is 9.99 Å². The Morgan fingerprint density at radius 1 is 0.756 bits per heavy atom. The second-order valence-corrected chi connectivity index (χ2v) is 10.5. The Morgan fingerprint density at radius 3 is 1.98 bits per heavy atom. The van der Waals surface area contributed by atoms with Crippen LogP contribution in [0.15, 0.2) is 121 Å². The van der Waals surface area contributed by atoms with Crippen molar-refractivity contribution < 1.29 is 22.7 Å². The summed E-state index contributed by atoms with van der Waals surface area (Å²) in [6.07, 6.45) is -3.60. The van der Waals surface area contributed by atoms with E-state index in [2.05, 4.69) is 34.8 Å². The molecule has 4 aromatic carbocycles. The number of aromatic nitrogens is 1. The number of alkyl halides is 3. The SMILES string of the molecule is CCc1ccc(CNc2ccc(Oc3cccc(C(F)(F)F)c3)nc2C(=O)NN(Cc2ccccc2)Cc2ccccc2)cc1. The zero-order valence-corrected chi connectivity index (χ0v) is 24.7. The lowest BCUT2D eigenvalue weighted by molar-refractivity contribution is -0.137. The number of pyridine rings is 1. The maximum atomic E-state index is 13.9. The summed E-state index contributed by atoms with van der Waals surface area (Å²) < 4.78 is 45.6. The molecule has 1 aromatic heterocycles. The fourth-order valence-corrected chi connectivity index (χ4v) is 4.70. The van der Waals surface area contributed by atoms with Crippen LogP contribution in [0.25, 0.3) is 0 Å². The Hall–Kier alpha value is -5.15. The molecule has 0 aliphatic heterocycles. The average Bonchev–Trinajstić information content (AvgIpc) is 3.05. The summed E-state index contributed by atoms with van der Waals surface area (Å²) in [6, 6.07) is 35.3. The molecule has 5 rings (SSSR count). The number of rotatable bonds is 12. The summed E-state index contributed by atoms with van der Waals surface area (Å²) in [5.74, 6) is -0.564. The summed E-state index contributed by atoms with van der Waals surface area (Å²) in [5.41, 5.74) is 6.85. The van der Waals surface area contributed by atoms with Crippen LogP contribution < -0.4 is 15.5 Å². The van der Waals surface area contributed by atoms with E-state index in [9.17, 15) is 18.0 Å². The smallest absolute Gasteiger partial charge is 0.416 e. The number of hydrogen-bond acceptors (Lipinski definition) is 5. The molecule has 0 aliphatic rings. The first-order valence-electron chi connectivity index (χ1n) is 14.6. The Kier molecular flexibility index (Phi) is 10.1. The van der Waals surface area contributed by atoms with E-state index in [0.29, 0.717) is 25.3 Å². The van der Waals surface area contributed by atoms with Crippen LogP contribution in [0.2, 0.25) is 0 Å². The quantitative estimate of drug-likeness (QED) is 0.139. The number of nitrogens with zero attached hydrogens (tertiary/aromatic N) is 2. The number of aryl methyl sites for hydroxylation is 1. The van der Waals surface area contributed by atoms with Gasteiger partial charge in [-0.15, -0.1) is 0 Å². The third kappa shape index (κ3) is 8.93. The van der Waals surface area contributed by atoms with E-state index in [0.717, 1.165) is 35.2 Å². The van der Waals surface area contributed by atoms with Crippen LogP contribution in [0, 0.1) is 0 Å². The lowest BCUT2D eigenvalue weighted by Gasteiger charge is -2.24. The summed E-state index contributed by atoms with van der Waals surface area (Å²) in [5, 5.41) is 5.09. The Morgan fingerprint density at radius 2 is 1.38 bits per heavy atom. The minimum absolute atomic E-state index is 0.0185. The van der Waals surface area contributed by atoms with Crippen molar-refractivity contribution in [3.05, 3.63) is 155 Å². The molecule has 0 unspecified atom stereocenters. The lowest BCUT2D eigenvalue weighted by Crippen LogP contribution is -2.41. The minimum Gasteiger partial charge on any atom is -0.439 e. The molecule has 45 heavy (non-hydrogen) atoms. The fraction of sp³-hybridized carbons (Fsp3) is 0.167. The third-order valence-corrected chi connectivity index (χ3v) is 7.07. The van der Waals surface area contributed by atoms with Gasteiger partial charge in [-0.2, -0.15) is 13.2 Å². The monoisotopic (exact) mass is 610 g/mol. The number of nitrogens with one attached hydrogen (secondary N) is 2. The molecule has 2 N–H and O–H groups in total. The fourth-order valence-electron chi connectivity index (χ4n) is 4.70. The van der Waals surface area contributed by atoms with Crippen LogP contribution in [-0.2, 0) is 32.2 Å². The van der Waals surface area contributed by atoms with E-state index < -0.39 is 17.6 Å².